The van der Waals surface area contributed by atoms with Crippen molar-refractivity contribution >= 4 is 11.7 Å². The maximum Gasteiger partial charge on any atom is 0.343 e. The van der Waals surface area contributed by atoms with Gasteiger partial charge in [-0.15, -0.1) is 0 Å². The topological polar surface area (TPSA) is 78.7 Å². The van der Waals surface area contributed by atoms with E-state index in [1.807, 2.05) is 30.3 Å². The van der Waals surface area contributed by atoms with E-state index < -0.39 is 10.9 Å². The smallest absolute Gasteiger partial charge is 0.343 e. The van der Waals surface area contributed by atoms with Crippen molar-refractivity contribution in [1.29, 1.82) is 0 Å². The van der Waals surface area contributed by atoms with Crippen molar-refractivity contribution in [1.82, 2.24) is 0 Å². The van der Waals surface area contributed by atoms with Gasteiger partial charge < -0.3 is 9.47 Å². The number of nitro benzene ring substituents is 1. The van der Waals surface area contributed by atoms with Gasteiger partial charge in [0.05, 0.1) is 16.6 Å². The Morgan fingerprint density at radius 1 is 0.800 bits per heavy atom. The second-order valence-electron chi connectivity index (χ2n) is 5.08. The molecule has 0 N–H and O–H groups in total. The minimum Gasteiger partial charge on any atom is -0.457 e. The molecule has 25 heavy (non-hydrogen) atoms. The normalized spacial score (nSPS) is 10.1. The van der Waals surface area contributed by atoms with Crippen LogP contribution in [-0.4, -0.2) is 10.9 Å². The number of hydrogen-bond acceptors (Lipinski definition) is 5. The van der Waals surface area contributed by atoms with Crippen LogP contribution in [0.15, 0.2) is 78.9 Å². The Morgan fingerprint density at radius 3 is 2.12 bits per heavy atom. The predicted molar refractivity (Wildman–Crippen MR) is 91.0 cm³/mol. The van der Waals surface area contributed by atoms with Gasteiger partial charge in [-0.05, 0) is 42.5 Å². The first kappa shape index (κ1) is 16.2. The molecule has 3 aromatic rings. The fraction of sp³-hybridized carbons (Fsp3) is 0. The minimum atomic E-state index is -0.605. The third kappa shape index (κ3) is 4.20. The van der Waals surface area contributed by atoms with Crippen molar-refractivity contribution in [2.75, 3.05) is 0 Å². The van der Waals surface area contributed by atoms with E-state index in [4.69, 9.17) is 9.47 Å². The van der Waals surface area contributed by atoms with E-state index in [1.165, 1.54) is 24.3 Å². The monoisotopic (exact) mass is 335 g/mol. The summed E-state index contributed by atoms with van der Waals surface area (Å²) in [6.07, 6.45) is 0. The first-order valence-corrected chi connectivity index (χ1v) is 7.41. The fourth-order valence-electron chi connectivity index (χ4n) is 2.11. The van der Waals surface area contributed by atoms with Crippen LogP contribution in [-0.2, 0) is 0 Å². The molecule has 3 aromatic carbocycles. The summed E-state index contributed by atoms with van der Waals surface area (Å²) in [7, 11) is 0. The lowest BCUT2D eigenvalue weighted by Gasteiger charge is -2.07. The van der Waals surface area contributed by atoms with E-state index in [2.05, 4.69) is 0 Å². The van der Waals surface area contributed by atoms with Crippen LogP contribution in [0, 0.1) is 10.1 Å². The number of ether oxygens (including phenoxy) is 2. The molecule has 0 radical (unpaired) electrons. The Morgan fingerprint density at radius 2 is 1.44 bits per heavy atom. The molecule has 0 saturated carbocycles. The van der Waals surface area contributed by atoms with E-state index in [0.29, 0.717) is 17.1 Å². The van der Waals surface area contributed by atoms with Gasteiger partial charge in [-0.3, -0.25) is 10.1 Å². The number of nitro groups is 1. The van der Waals surface area contributed by atoms with Crippen molar-refractivity contribution in [3.63, 3.8) is 0 Å². The Balaban J connectivity index is 1.68. The van der Waals surface area contributed by atoms with E-state index in [-0.39, 0.29) is 11.4 Å². The third-order valence-electron chi connectivity index (χ3n) is 3.31. The quantitative estimate of drug-likeness (QED) is 0.294. The molecule has 0 fully saturated rings. The summed E-state index contributed by atoms with van der Waals surface area (Å²) in [5, 5.41) is 10.7. The Labute approximate surface area is 143 Å². The molecule has 6 heteroatoms. The number of rotatable bonds is 5. The van der Waals surface area contributed by atoms with Gasteiger partial charge in [-0.25, -0.2) is 4.79 Å². The van der Waals surface area contributed by atoms with Gasteiger partial charge in [-0.1, -0.05) is 24.3 Å². The SMILES string of the molecule is O=C(Oc1cccc([N+](=O)[O-])c1)c1ccc(Oc2ccccc2)cc1. The van der Waals surface area contributed by atoms with Crippen molar-refractivity contribution < 1.29 is 19.2 Å². The summed E-state index contributed by atoms with van der Waals surface area (Å²) in [5.74, 6) is 0.781. The highest BCUT2D eigenvalue weighted by Gasteiger charge is 2.12. The van der Waals surface area contributed by atoms with Gasteiger partial charge in [0.15, 0.2) is 0 Å². The van der Waals surface area contributed by atoms with E-state index in [1.54, 1.807) is 24.3 Å². The summed E-state index contributed by atoms with van der Waals surface area (Å²) in [4.78, 5) is 22.3. The molecular weight excluding hydrogens is 322 g/mol. The second-order valence-corrected chi connectivity index (χ2v) is 5.08. The Kier molecular flexibility index (Phi) is 4.71. The van der Waals surface area contributed by atoms with Crippen LogP contribution >= 0.6 is 0 Å². The lowest BCUT2D eigenvalue weighted by molar-refractivity contribution is -0.384. The molecule has 0 aliphatic rings. The average molecular weight is 335 g/mol. The highest BCUT2D eigenvalue weighted by Crippen LogP contribution is 2.23. The van der Waals surface area contributed by atoms with Crippen molar-refractivity contribution in [2.45, 2.75) is 0 Å². The molecule has 6 nitrogen and oxygen atoms in total. The predicted octanol–water partition coefficient (Wildman–Crippen LogP) is 4.61. The molecule has 3 rings (SSSR count). The van der Waals surface area contributed by atoms with Gasteiger partial charge >= 0.3 is 5.97 Å². The van der Waals surface area contributed by atoms with E-state index >= 15 is 0 Å². The summed E-state index contributed by atoms with van der Waals surface area (Å²) in [6, 6.07) is 21.2. The highest BCUT2D eigenvalue weighted by molar-refractivity contribution is 5.91. The zero-order valence-electron chi connectivity index (χ0n) is 13.0. The van der Waals surface area contributed by atoms with Crippen molar-refractivity contribution in [3.8, 4) is 17.2 Å². The van der Waals surface area contributed by atoms with Crippen LogP contribution in [0.2, 0.25) is 0 Å². The minimum absolute atomic E-state index is 0.115. The molecule has 0 saturated heterocycles. The molecule has 0 aliphatic heterocycles. The summed E-state index contributed by atoms with van der Waals surface area (Å²) < 4.78 is 10.8. The molecule has 0 amide bonds. The van der Waals surface area contributed by atoms with Crippen LogP contribution in [0.25, 0.3) is 0 Å². The Bertz CT molecular complexity index is 891. The van der Waals surface area contributed by atoms with Crippen molar-refractivity contribution in [3.05, 3.63) is 94.5 Å². The first-order valence-electron chi connectivity index (χ1n) is 7.41. The number of carbonyl (C=O) groups excluding carboxylic acids is 1. The van der Waals surface area contributed by atoms with Crippen LogP contribution in [0.4, 0.5) is 5.69 Å². The Hall–Kier alpha value is -3.67. The van der Waals surface area contributed by atoms with Crippen LogP contribution in [0.3, 0.4) is 0 Å². The summed E-state index contributed by atoms with van der Waals surface area (Å²) >= 11 is 0. The molecule has 0 heterocycles. The lowest BCUT2D eigenvalue weighted by atomic mass is 10.2. The standard InChI is InChI=1S/C19H13NO5/c21-19(25-18-8-4-5-15(13-18)20(22)23)14-9-11-17(12-10-14)24-16-6-2-1-3-7-16/h1-13H. The van der Waals surface area contributed by atoms with Crippen LogP contribution < -0.4 is 9.47 Å². The summed E-state index contributed by atoms with van der Waals surface area (Å²) in [5.41, 5.74) is 0.170. The third-order valence-corrected chi connectivity index (χ3v) is 3.31. The molecule has 0 aromatic heterocycles. The fourth-order valence-corrected chi connectivity index (χ4v) is 2.11. The molecule has 0 unspecified atom stereocenters. The largest absolute Gasteiger partial charge is 0.457 e. The molecule has 0 atom stereocenters. The van der Waals surface area contributed by atoms with Crippen LogP contribution in [0.1, 0.15) is 10.4 Å². The first-order chi connectivity index (χ1) is 12.1. The maximum absolute atomic E-state index is 12.1. The molecule has 0 spiro atoms. The molecule has 0 aliphatic carbocycles. The van der Waals surface area contributed by atoms with E-state index in [9.17, 15) is 14.9 Å². The number of benzene rings is 3. The number of hydrogen-bond donors (Lipinski definition) is 0. The lowest BCUT2D eigenvalue weighted by Crippen LogP contribution is -2.08. The average Bonchev–Trinajstić information content (AvgIpc) is 2.63. The van der Waals surface area contributed by atoms with Crippen LogP contribution in [0.5, 0.6) is 17.2 Å². The number of esters is 1. The zero-order chi connectivity index (χ0) is 17.6. The van der Waals surface area contributed by atoms with Gasteiger partial charge in [0.25, 0.3) is 5.69 Å². The van der Waals surface area contributed by atoms with E-state index in [0.717, 1.165) is 0 Å². The second kappa shape index (κ2) is 7.27. The molecule has 124 valence electrons. The molecule has 0 bridgehead atoms. The van der Waals surface area contributed by atoms with Crippen molar-refractivity contribution in [2.24, 2.45) is 0 Å². The van der Waals surface area contributed by atoms with Gasteiger partial charge in [-0.2, -0.15) is 0 Å². The number of nitrogens with zero attached hydrogens (tertiary/aromatic N) is 1. The maximum atomic E-state index is 12.1. The molecular formula is C19H13NO5. The highest BCUT2D eigenvalue weighted by atomic mass is 16.6. The number of para-hydroxylation sites is 1. The zero-order valence-corrected chi connectivity index (χ0v) is 13.0. The van der Waals surface area contributed by atoms with Gasteiger partial charge in [0.2, 0.25) is 0 Å². The number of non-ortho nitro benzene ring substituents is 1. The van der Waals surface area contributed by atoms with Gasteiger partial charge in [0, 0.05) is 6.07 Å². The summed E-state index contributed by atoms with van der Waals surface area (Å²) in [6.45, 7) is 0. The number of carbonyl (C=O) groups is 1. The van der Waals surface area contributed by atoms with Gasteiger partial charge in [0.1, 0.15) is 17.2 Å².